The van der Waals surface area contributed by atoms with Gasteiger partial charge in [-0.3, -0.25) is 0 Å². The Kier molecular flexibility index (Phi) is 21.9. The summed E-state index contributed by atoms with van der Waals surface area (Å²) in [6, 6.07) is 0. The molecule has 0 aromatic rings. The summed E-state index contributed by atoms with van der Waals surface area (Å²) in [5, 5.41) is 11.3. The largest absolute Gasteiger partial charge is 0.861 e. The van der Waals surface area contributed by atoms with Crippen LogP contribution in [0.15, 0.2) is 4.40 Å². The summed E-state index contributed by atoms with van der Waals surface area (Å²) in [7, 11) is -5.70. The fourth-order valence-corrected chi connectivity index (χ4v) is 4.76. The summed E-state index contributed by atoms with van der Waals surface area (Å²) in [6.45, 7) is 2.27. The molecule has 0 aliphatic rings. The first-order valence-corrected chi connectivity index (χ1v) is 15.7. The van der Waals surface area contributed by atoms with Crippen molar-refractivity contribution in [3.63, 3.8) is 0 Å². The highest BCUT2D eigenvalue weighted by molar-refractivity contribution is 7.91. The molecule has 0 aliphatic carbocycles. The van der Waals surface area contributed by atoms with Gasteiger partial charge in [0.2, 0.25) is 0 Å². The molecule has 210 valence electrons. The van der Waals surface area contributed by atoms with Gasteiger partial charge in [0.1, 0.15) is 0 Å². The molecule has 8 heteroatoms. The molecule has 0 saturated carbocycles. The monoisotopic (exact) mass is 526 g/mol. The van der Waals surface area contributed by atoms with Crippen molar-refractivity contribution in [1.29, 1.82) is 0 Å². The van der Waals surface area contributed by atoms with Crippen molar-refractivity contribution in [3.8, 4) is 0 Å². The topological polar surface area (TPSA) is 69.6 Å². The second kappa shape index (κ2) is 22.4. The molecular formula is C27H51F3NO3S-. The Hall–Kier alpha value is -0.790. The number of hydrogen-bond donors (Lipinski definition) is 0. The molecule has 0 radical (unpaired) electrons. The van der Waals surface area contributed by atoms with Crippen molar-refractivity contribution in [2.45, 2.75) is 167 Å². The summed E-state index contributed by atoms with van der Waals surface area (Å²) >= 11 is 0. The normalized spacial score (nSPS) is 13.0. The average molecular weight is 527 g/mol. The van der Waals surface area contributed by atoms with E-state index in [0.717, 1.165) is 19.3 Å². The van der Waals surface area contributed by atoms with Crippen LogP contribution < -0.4 is 5.11 Å². The summed E-state index contributed by atoms with van der Waals surface area (Å²) in [5.74, 6) is -1.22. The van der Waals surface area contributed by atoms with Gasteiger partial charge in [-0.1, -0.05) is 148 Å². The van der Waals surface area contributed by atoms with Gasteiger partial charge in [0.15, 0.2) is 0 Å². The molecule has 0 saturated heterocycles. The van der Waals surface area contributed by atoms with Crippen molar-refractivity contribution in [3.05, 3.63) is 0 Å². The van der Waals surface area contributed by atoms with Gasteiger partial charge in [-0.15, -0.1) is 0 Å². The molecule has 0 aromatic heterocycles. The molecular weight excluding hydrogens is 475 g/mol. The van der Waals surface area contributed by atoms with Crippen LogP contribution in [0.2, 0.25) is 0 Å². The number of sulfonamides is 1. The lowest BCUT2D eigenvalue weighted by atomic mass is 10.0. The van der Waals surface area contributed by atoms with Gasteiger partial charge in [-0.25, -0.2) is 0 Å². The van der Waals surface area contributed by atoms with Crippen LogP contribution in [0.5, 0.6) is 0 Å². The second-order valence-corrected chi connectivity index (χ2v) is 11.5. The Morgan fingerprint density at radius 3 is 1.09 bits per heavy atom. The van der Waals surface area contributed by atoms with Crippen LogP contribution in [0.3, 0.4) is 0 Å². The number of rotatable bonds is 25. The van der Waals surface area contributed by atoms with E-state index < -0.39 is 21.4 Å². The van der Waals surface area contributed by atoms with Gasteiger partial charge >= 0.3 is 15.5 Å². The van der Waals surface area contributed by atoms with E-state index in [0.29, 0.717) is 12.8 Å². The number of hydrogen-bond acceptors (Lipinski definition) is 3. The highest BCUT2D eigenvalue weighted by Gasteiger charge is 2.45. The number of nitrogens with zero attached hydrogens (tertiary/aromatic N) is 1. The number of unbranched alkanes of at least 4 members (excludes halogenated alkanes) is 22. The van der Waals surface area contributed by atoms with Crippen LogP contribution >= 0.6 is 0 Å². The predicted molar refractivity (Wildman–Crippen MR) is 139 cm³/mol. The Bertz CT molecular complexity index is 607. The fourth-order valence-electron chi connectivity index (χ4n) is 4.29. The molecule has 35 heavy (non-hydrogen) atoms. The quantitative estimate of drug-likeness (QED) is 0.0677. The van der Waals surface area contributed by atoms with Crippen LogP contribution in [0.4, 0.5) is 13.2 Å². The van der Waals surface area contributed by atoms with Crippen LogP contribution in [-0.2, 0) is 10.0 Å². The smallest absolute Gasteiger partial charge is 0.518 e. The first-order valence-electron chi connectivity index (χ1n) is 14.3. The first kappa shape index (κ1) is 34.2. The van der Waals surface area contributed by atoms with E-state index in [1.807, 2.05) is 0 Å². The predicted octanol–water partition coefficient (Wildman–Crippen LogP) is 8.98. The standard InChI is InChI=1S/C27H52F3NO3S/c1-2-3-4-5-6-7-8-9-10-11-12-13-14-15-16-17-18-19-20-21-22-23-24-25-26(32)31-35(33,34)27(28,29)30/h2-25H2,1H3,(H,31,32)/p-1. The molecule has 0 fully saturated rings. The van der Waals surface area contributed by atoms with E-state index in [-0.39, 0.29) is 6.42 Å². The molecule has 0 rings (SSSR count). The van der Waals surface area contributed by atoms with Crippen LogP contribution in [-0.4, -0.2) is 19.8 Å². The molecule has 0 N–H and O–H groups in total. The first-order chi connectivity index (χ1) is 16.7. The fraction of sp³-hybridized carbons (Fsp3) is 0.963. The lowest BCUT2D eigenvalue weighted by Gasteiger charge is -2.11. The zero-order chi connectivity index (χ0) is 26.3. The third-order valence-corrected chi connectivity index (χ3v) is 7.54. The van der Waals surface area contributed by atoms with Crippen LogP contribution in [0, 0.1) is 0 Å². The van der Waals surface area contributed by atoms with Crippen molar-refractivity contribution in [1.82, 2.24) is 0 Å². The molecule has 0 bridgehead atoms. The van der Waals surface area contributed by atoms with E-state index in [1.54, 1.807) is 0 Å². The SMILES string of the molecule is CCCCCCCCCCCCCCCCCCCCCCCCC/C([O-])=N/S(=O)(=O)C(F)(F)F. The number of halogens is 3. The summed E-state index contributed by atoms with van der Waals surface area (Å²) in [6.07, 6.45) is 28.4. The maximum Gasteiger partial charge on any atom is 0.518 e. The molecule has 0 aliphatic heterocycles. The molecule has 0 amide bonds. The summed E-state index contributed by atoms with van der Waals surface area (Å²) in [4.78, 5) is 0. The highest BCUT2D eigenvalue weighted by atomic mass is 32.2. The maximum atomic E-state index is 12.2. The Morgan fingerprint density at radius 2 is 0.829 bits per heavy atom. The zero-order valence-corrected chi connectivity index (χ0v) is 23.0. The molecule has 4 nitrogen and oxygen atoms in total. The van der Waals surface area contributed by atoms with E-state index in [2.05, 4.69) is 11.3 Å². The Balaban J connectivity index is 3.30. The van der Waals surface area contributed by atoms with E-state index in [9.17, 15) is 26.7 Å². The minimum Gasteiger partial charge on any atom is -0.861 e. The van der Waals surface area contributed by atoms with Gasteiger partial charge in [-0.2, -0.15) is 26.0 Å². The maximum absolute atomic E-state index is 12.2. The molecule has 0 spiro atoms. The molecule has 0 aromatic carbocycles. The van der Waals surface area contributed by atoms with Crippen LogP contribution in [0.1, 0.15) is 161 Å². The van der Waals surface area contributed by atoms with Crippen molar-refractivity contribution < 1.29 is 26.7 Å². The van der Waals surface area contributed by atoms with Gasteiger partial charge < -0.3 is 5.11 Å². The minimum absolute atomic E-state index is 0.255. The molecule has 0 heterocycles. The number of alkyl halides is 3. The highest BCUT2D eigenvalue weighted by Crippen LogP contribution is 2.24. The van der Waals surface area contributed by atoms with Gasteiger partial charge in [0.25, 0.3) is 0 Å². The third kappa shape index (κ3) is 22.2. The van der Waals surface area contributed by atoms with E-state index in [4.69, 9.17) is 0 Å². The zero-order valence-electron chi connectivity index (χ0n) is 22.2. The van der Waals surface area contributed by atoms with Gasteiger partial charge in [0.05, 0.1) is 0 Å². The molecule has 0 unspecified atom stereocenters. The van der Waals surface area contributed by atoms with Gasteiger partial charge in [0, 0.05) is 0 Å². The van der Waals surface area contributed by atoms with Crippen molar-refractivity contribution >= 4 is 15.9 Å². The Morgan fingerprint density at radius 1 is 0.571 bits per heavy atom. The molecule has 0 atom stereocenters. The van der Waals surface area contributed by atoms with Gasteiger partial charge in [-0.05, 0) is 18.7 Å². The third-order valence-electron chi connectivity index (χ3n) is 6.51. The van der Waals surface area contributed by atoms with Crippen LogP contribution in [0.25, 0.3) is 0 Å². The second-order valence-electron chi connectivity index (χ2n) is 9.93. The summed E-state index contributed by atoms with van der Waals surface area (Å²) in [5.41, 5.74) is -5.50. The van der Waals surface area contributed by atoms with Crippen molar-refractivity contribution in [2.75, 3.05) is 0 Å². The Labute approximate surface area is 213 Å². The lowest BCUT2D eigenvalue weighted by Crippen LogP contribution is -2.26. The average Bonchev–Trinajstić information content (AvgIpc) is 2.78. The lowest BCUT2D eigenvalue weighted by molar-refractivity contribution is -0.218. The summed E-state index contributed by atoms with van der Waals surface area (Å²) < 4.78 is 60.3. The van der Waals surface area contributed by atoms with Crippen molar-refractivity contribution in [2.24, 2.45) is 4.40 Å². The van der Waals surface area contributed by atoms with E-state index in [1.165, 1.54) is 116 Å². The minimum atomic E-state index is -5.70. The van der Waals surface area contributed by atoms with E-state index >= 15 is 0 Å².